The topological polar surface area (TPSA) is 95.6 Å². The van der Waals surface area contributed by atoms with Crippen LogP contribution in [0.5, 0.6) is 0 Å². The van der Waals surface area contributed by atoms with Gasteiger partial charge in [0.05, 0.1) is 4.90 Å². The van der Waals surface area contributed by atoms with Crippen molar-refractivity contribution in [2.75, 3.05) is 13.1 Å². The number of rotatable bonds is 8. The van der Waals surface area contributed by atoms with Crippen LogP contribution >= 0.6 is 11.6 Å². The smallest absolute Gasteiger partial charge is 0.251 e. The Balaban J connectivity index is 1.39. The number of sulfonamides is 1. The maximum atomic E-state index is 13.5. The molecular weight excluding hydrogens is 486 g/mol. The fourth-order valence-electron chi connectivity index (χ4n) is 4.95. The van der Waals surface area contributed by atoms with E-state index in [1.165, 1.54) is 18.2 Å². The zero-order valence-corrected chi connectivity index (χ0v) is 21.1. The van der Waals surface area contributed by atoms with Gasteiger partial charge < -0.3 is 10.6 Å². The predicted molar refractivity (Wildman–Crippen MR) is 136 cm³/mol. The third kappa shape index (κ3) is 5.60. The second-order valence-corrected chi connectivity index (χ2v) is 11.5. The van der Waals surface area contributed by atoms with Crippen LogP contribution in [0.1, 0.15) is 48.0 Å². The van der Waals surface area contributed by atoms with Crippen LogP contribution in [0.25, 0.3) is 0 Å². The summed E-state index contributed by atoms with van der Waals surface area (Å²) in [6.07, 6.45) is 5.58. The third-order valence-electron chi connectivity index (χ3n) is 6.97. The summed E-state index contributed by atoms with van der Waals surface area (Å²) in [7, 11) is -3.73. The first-order valence-electron chi connectivity index (χ1n) is 11.8. The van der Waals surface area contributed by atoms with E-state index in [0.29, 0.717) is 42.9 Å². The van der Waals surface area contributed by atoms with Gasteiger partial charge in [0.2, 0.25) is 15.9 Å². The highest BCUT2D eigenvalue weighted by atomic mass is 35.5. The molecule has 1 unspecified atom stereocenters. The van der Waals surface area contributed by atoms with E-state index < -0.39 is 15.6 Å². The predicted octanol–water partition coefficient (Wildman–Crippen LogP) is 3.69. The van der Waals surface area contributed by atoms with Gasteiger partial charge in [-0.2, -0.15) is 4.31 Å². The lowest BCUT2D eigenvalue weighted by molar-refractivity contribution is -0.117. The largest absolute Gasteiger partial charge is 0.352 e. The van der Waals surface area contributed by atoms with Crippen molar-refractivity contribution in [1.82, 2.24) is 14.9 Å². The van der Waals surface area contributed by atoms with Crippen molar-refractivity contribution < 1.29 is 18.0 Å². The van der Waals surface area contributed by atoms with E-state index in [0.717, 1.165) is 24.8 Å². The summed E-state index contributed by atoms with van der Waals surface area (Å²) < 4.78 is 28.7. The Hall–Kier alpha value is -2.68. The summed E-state index contributed by atoms with van der Waals surface area (Å²) in [5.74, 6) is -0.486. The van der Waals surface area contributed by atoms with Crippen LogP contribution in [0.3, 0.4) is 0 Å². The fourth-order valence-corrected chi connectivity index (χ4v) is 6.92. The van der Waals surface area contributed by atoms with Crippen molar-refractivity contribution in [2.45, 2.75) is 55.0 Å². The van der Waals surface area contributed by atoms with Gasteiger partial charge in [-0.05, 0) is 86.6 Å². The second kappa shape index (κ2) is 10.5. The number of benzene rings is 2. The van der Waals surface area contributed by atoms with Crippen LogP contribution in [0.15, 0.2) is 66.1 Å². The van der Waals surface area contributed by atoms with Crippen molar-refractivity contribution >= 4 is 33.4 Å². The Morgan fingerprint density at radius 3 is 2.40 bits per heavy atom. The summed E-state index contributed by atoms with van der Waals surface area (Å²) in [4.78, 5) is 24.4. The molecule has 2 aromatic rings. The van der Waals surface area contributed by atoms with Crippen LogP contribution in [0, 0.1) is 0 Å². The lowest BCUT2D eigenvalue weighted by Gasteiger charge is -2.54. The van der Waals surface area contributed by atoms with E-state index in [-0.39, 0.29) is 22.8 Å². The molecule has 2 aromatic carbocycles. The molecule has 0 radical (unpaired) electrons. The van der Waals surface area contributed by atoms with Gasteiger partial charge >= 0.3 is 0 Å². The number of carbonyl (C=O) groups excluding carboxylic acids is 2. The molecule has 2 fully saturated rings. The number of piperidine rings is 1. The highest BCUT2D eigenvalue weighted by molar-refractivity contribution is 7.89. The minimum atomic E-state index is -3.73. The van der Waals surface area contributed by atoms with Gasteiger partial charge in [0, 0.05) is 35.3 Å². The standard InChI is InChI=1S/C26H30ClN3O4S/c1-2-24(31)29-22-13-17-30(26(18-22)14-3-15-26)35(33,34)23-10-6-20(7-11-23)25(32)28-16-12-19-4-8-21(27)9-5-19/h2,4-11,22H,1,3,12-18H2,(H,28,32)(H,29,31). The van der Waals surface area contributed by atoms with Crippen LogP contribution in [-0.4, -0.2) is 49.2 Å². The fraction of sp³-hybridized carbons (Fsp3) is 0.385. The Labute approximate surface area is 211 Å². The Morgan fingerprint density at radius 1 is 1.11 bits per heavy atom. The van der Waals surface area contributed by atoms with E-state index in [2.05, 4.69) is 17.2 Å². The molecule has 1 atom stereocenters. The molecule has 186 valence electrons. The Morgan fingerprint density at radius 2 is 1.80 bits per heavy atom. The van der Waals surface area contributed by atoms with Crippen LogP contribution < -0.4 is 10.6 Å². The summed E-state index contributed by atoms with van der Waals surface area (Å²) >= 11 is 5.89. The van der Waals surface area contributed by atoms with E-state index >= 15 is 0 Å². The minimum Gasteiger partial charge on any atom is -0.352 e. The van der Waals surface area contributed by atoms with Gasteiger partial charge in [-0.3, -0.25) is 9.59 Å². The van der Waals surface area contributed by atoms with Crippen molar-refractivity contribution in [3.63, 3.8) is 0 Å². The number of nitrogens with one attached hydrogen (secondary N) is 2. The number of halogens is 1. The molecule has 2 aliphatic rings. The molecule has 35 heavy (non-hydrogen) atoms. The quantitative estimate of drug-likeness (QED) is 0.524. The summed E-state index contributed by atoms with van der Waals surface area (Å²) in [5, 5.41) is 6.46. The first kappa shape index (κ1) is 25.4. The van der Waals surface area contributed by atoms with Crippen molar-refractivity contribution in [1.29, 1.82) is 0 Å². The summed E-state index contributed by atoms with van der Waals surface area (Å²) in [6.45, 7) is 4.30. The van der Waals surface area contributed by atoms with E-state index in [1.807, 2.05) is 24.3 Å². The molecule has 0 aromatic heterocycles. The Bertz CT molecular complexity index is 1190. The average Bonchev–Trinajstić information content (AvgIpc) is 2.84. The molecule has 1 heterocycles. The SMILES string of the molecule is C=CC(=O)NC1CCN(S(=O)(=O)c2ccc(C(=O)NCCc3ccc(Cl)cc3)cc2)C2(CCC2)C1. The number of nitrogens with zero attached hydrogens (tertiary/aromatic N) is 1. The van der Waals surface area contributed by atoms with Gasteiger partial charge in [0.1, 0.15) is 0 Å². The lowest BCUT2D eigenvalue weighted by Crippen LogP contribution is -2.63. The zero-order valence-electron chi connectivity index (χ0n) is 19.5. The molecule has 1 aliphatic carbocycles. The molecule has 9 heteroatoms. The van der Waals surface area contributed by atoms with Gasteiger partial charge in [-0.15, -0.1) is 0 Å². The zero-order chi connectivity index (χ0) is 25.1. The molecule has 1 saturated carbocycles. The highest BCUT2D eigenvalue weighted by Gasteiger charge is 2.51. The average molecular weight is 516 g/mol. The van der Waals surface area contributed by atoms with Gasteiger partial charge in [-0.25, -0.2) is 8.42 Å². The number of hydrogen-bond donors (Lipinski definition) is 2. The summed E-state index contributed by atoms with van der Waals surface area (Å²) in [5.41, 5.74) is 1.01. The summed E-state index contributed by atoms with van der Waals surface area (Å²) in [6, 6.07) is 13.5. The highest BCUT2D eigenvalue weighted by Crippen LogP contribution is 2.46. The maximum absolute atomic E-state index is 13.5. The molecule has 7 nitrogen and oxygen atoms in total. The van der Waals surface area contributed by atoms with E-state index in [1.54, 1.807) is 16.4 Å². The third-order valence-corrected chi connectivity index (χ3v) is 9.24. The monoisotopic (exact) mass is 515 g/mol. The van der Waals surface area contributed by atoms with Crippen molar-refractivity contribution in [3.8, 4) is 0 Å². The second-order valence-electron chi connectivity index (χ2n) is 9.21. The van der Waals surface area contributed by atoms with E-state index in [4.69, 9.17) is 11.6 Å². The van der Waals surface area contributed by atoms with Crippen LogP contribution in [-0.2, 0) is 21.2 Å². The number of hydrogen-bond acceptors (Lipinski definition) is 4. The molecule has 1 spiro atoms. The van der Waals surface area contributed by atoms with E-state index in [9.17, 15) is 18.0 Å². The molecule has 2 amide bonds. The molecule has 4 rings (SSSR count). The lowest BCUT2D eigenvalue weighted by atomic mass is 9.70. The maximum Gasteiger partial charge on any atom is 0.251 e. The van der Waals surface area contributed by atoms with Crippen LogP contribution in [0.2, 0.25) is 5.02 Å². The van der Waals surface area contributed by atoms with Gasteiger partial charge in [0.25, 0.3) is 5.91 Å². The van der Waals surface area contributed by atoms with Crippen molar-refractivity contribution in [2.24, 2.45) is 0 Å². The first-order chi connectivity index (χ1) is 16.7. The Kier molecular flexibility index (Phi) is 7.64. The first-order valence-corrected chi connectivity index (χ1v) is 13.6. The minimum absolute atomic E-state index is 0.0637. The molecule has 1 saturated heterocycles. The molecule has 0 bridgehead atoms. The normalized spacial score (nSPS) is 19.5. The van der Waals surface area contributed by atoms with Crippen LogP contribution in [0.4, 0.5) is 0 Å². The van der Waals surface area contributed by atoms with Gasteiger partial charge in [0.15, 0.2) is 0 Å². The number of carbonyl (C=O) groups is 2. The van der Waals surface area contributed by atoms with Gasteiger partial charge in [-0.1, -0.05) is 30.3 Å². The number of amides is 2. The molecular formula is C26H30ClN3O4S. The van der Waals surface area contributed by atoms with Crippen molar-refractivity contribution in [3.05, 3.63) is 77.3 Å². The molecule has 2 N–H and O–H groups in total. The molecule has 1 aliphatic heterocycles.